The molecule has 0 spiro atoms. The van der Waals surface area contributed by atoms with E-state index in [0.717, 1.165) is 38.0 Å². The second-order valence-electron chi connectivity index (χ2n) is 5.48. The number of aryl methyl sites for hydroxylation is 2. The van der Waals surface area contributed by atoms with E-state index in [1.54, 1.807) is 0 Å². The summed E-state index contributed by atoms with van der Waals surface area (Å²) in [5, 5.41) is 10.8. The lowest BCUT2D eigenvalue weighted by Gasteiger charge is -2.39. The van der Waals surface area contributed by atoms with Crippen molar-refractivity contribution in [2.75, 3.05) is 26.2 Å². The van der Waals surface area contributed by atoms with Crippen molar-refractivity contribution < 1.29 is 5.11 Å². The Balaban J connectivity index is 2.13. The van der Waals surface area contributed by atoms with Gasteiger partial charge < -0.3 is 15.7 Å². The van der Waals surface area contributed by atoms with E-state index in [1.807, 2.05) is 0 Å². The van der Waals surface area contributed by atoms with E-state index in [1.165, 1.54) is 11.1 Å². The number of benzene rings is 1. The van der Waals surface area contributed by atoms with Gasteiger partial charge in [0.05, 0.1) is 5.60 Å². The Morgan fingerprint density at radius 3 is 2.50 bits per heavy atom. The Labute approximate surface area is 110 Å². The normalized spacial score (nSPS) is 20.0. The molecule has 1 saturated heterocycles. The van der Waals surface area contributed by atoms with Crippen LogP contribution in [0.25, 0.3) is 0 Å². The topological polar surface area (TPSA) is 49.5 Å². The van der Waals surface area contributed by atoms with E-state index in [-0.39, 0.29) is 0 Å². The summed E-state index contributed by atoms with van der Waals surface area (Å²) in [6.07, 6.45) is 1.60. The van der Waals surface area contributed by atoms with Gasteiger partial charge in [-0.25, -0.2) is 0 Å². The van der Waals surface area contributed by atoms with Crippen molar-refractivity contribution in [3.63, 3.8) is 0 Å². The number of likely N-dealkylation sites (tertiary alicyclic amines) is 1. The lowest BCUT2D eigenvalue weighted by Crippen LogP contribution is -2.44. The summed E-state index contributed by atoms with van der Waals surface area (Å²) in [5.41, 5.74) is 8.47. The van der Waals surface area contributed by atoms with Gasteiger partial charge in [0.15, 0.2) is 0 Å². The first-order chi connectivity index (χ1) is 8.55. The minimum Gasteiger partial charge on any atom is -0.385 e. The number of nitrogens with zero attached hydrogens (tertiary/aromatic N) is 1. The lowest BCUT2D eigenvalue weighted by molar-refractivity contribution is -0.0256. The van der Waals surface area contributed by atoms with Gasteiger partial charge in [0.1, 0.15) is 0 Å². The standard InChI is InChI=1S/C15H24N2O/c1-12-3-4-14(13(2)11-12)15(18)5-8-17(9-6-15)10-7-16/h3-4,11,18H,5-10,16H2,1-2H3. The highest BCUT2D eigenvalue weighted by atomic mass is 16.3. The van der Waals surface area contributed by atoms with E-state index in [2.05, 4.69) is 36.9 Å². The van der Waals surface area contributed by atoms with E-state index in [0.29, 0.717) is 6.54 Å². The first-order valence-corrected chi connectivity index (χ1v) is 6.78. The van der Waals surface area contributed by atoms with Crippen LogP contribution in [0.3, 0.4) is 0 Å². The summed E-state index contributed by atoms with van der Waals surface area (Å²) in [6.45, 7) is 7.67. The molecule has 1 aliphatic rings. The fraction of sp³-hybridized carbons (Fsp3) is 0.600. The summed E-state index contributed by atoms with van der Waals surface area (Å²) >= 11 is 0. The maximum absolute atomic E-state index is 10.8. The van der Waals surface area contributed by atoms with E-state index in [4.69, 9.17) is 5.73 Å². The molecule has 2 rings (SSSR count). The molecule has 1 fully saturated rings. The van der Waals surface area contributed by atoms with Gasteiger partial charge in [-0.15, -0.1) is 0 Å². The third-order valence-electron chi connectivity index (χ3n) is 4.01. The molecule has 0 saturated carbocycles. The zero-order valence-electron chi connectivity index (χ0n) is 11.4. The zero-order valence-corrected chi connectivity index (χ0v) is 11.4. The van der Waals surface area contributed by atoms with Crippen molar-refractivity contribution in [3.8, 4) is 0 Å². The minimum atomic E-state index is -0.650. The molecule has 1 aromatic rings. The summed E-state index contributed by atoms with van der Waals surface area (Å²) in [4.78, 5) is 2.33. The third kappa shape index (κ3) is 2.74. The van der Waals surface area contributed by atoms with Crippen LogP contribution in [0.1, 0.15) is 29.5 Å². The maximum atomic E-state index is 10.8. The highest BCUT2D eigenvalue weighted by molar-refractivity contribution is 5.35. The quantitative estimate of drug-likeness (QED) is 0.853. The number of nitrogens with two attached hydrogens (primary N) is 1. The van der Waals surface area contributed by atoms with Crippen molar-refractivity contribution in [2.24, 2.45) is 5.73 Å². The molecule has 0 atom stereocenters. The molecule has 0 aliphatic carbocycles. The van der Waals surface area contributed by atoms with Gasteiger partial charge in [-0.05, 0) is 37.8 Å². The Kier molecular flexibility index (Phi) is 4.05. The van der Waals surface area contributed by atoms with Crippen molar-refractivity contribution in [3.05, 3.63) is 34.9 Å². The van der Waals surface area contributed by atoms with Gasteiger partial charge in [0.25, 0.3) is 0 Å². The number of aliphatic hydroxyl groups is 1. The van der Waals surface area contributed by atoms with Gasteiger partial charge in [0.2, 0.25) is 0 Å². The molecule has 1 aromatic carbocycles. The van der Waals surface area contributed by atoms with Crippen molar-refractivity contribution in [1.29, 1.82) is 0 Å². The fourth-order valence-corrected chi connectivity index (χ4v) is 2.93. The molecule has 0 bridgehead atoms. The molecule has 3 heteroatoms. The number of rotatable bonds is 3. The second kappa shape index (κ2) is 5.39. The smallest absolute Gasteiger partial charge is 0.0923 e. The zero-order chi connectivity index (χ0) is 13.2. The molecule has 0 unspecified atom stereocenters. The average Bonchev–Trinajstić information content (AvgIpc) is 2.32. The first-order valence-electron chi connectivity index (χ1n) is 6.78. The fourth-order valence-electron chi connectivity index (χ4n) is 2.93. The molecular weight excluding hydrogens is 224 g/mol. The van der Waals surface area contributed by atoms with Crippen LogP contribution >= 0.6 is 0 Å². The highest BCUT2D eigenvalue weighted by Gasteiger charge is 2.34. The Morgan fingerprint density at radius 1 is 1.28 bits per heavy atom. The van der Waals surface area contributed by atoms with E-state index in [9.17, 15) is 5.11 Å². The molecule has 1 aliphatic heterocycles. The van der Waals surface area contributed by atoms with Crippen LogP contribution in [0.4, 0.5) is 0 Å². The number of hydrogen-bond donors (Lipinski definition) is 2. The number of piperidine rings is 1. The Morgan fingerprint density at radius 2 is 1.94 bits per heavy atom. The van der Waals surface area contributed by atoms with E-state index >= 15 is 0 Å². The molecule has 3 N–H and O–H groups in total. The van der Waals surface area contributed by atoms with Gasteiger partial charge in [-0.1, -0.05) is 23.8 Å². The summed E-state index contributed by atoms with van der Waals surface area (Å²) in [7, 11) is 0. The molecule has 18 heavy (non-hydrogen) atoms. The van der Waals surface area contributed by atoms with Crippen molar-refractivity contribution >= 4 is 0 Å². The van der Waals surface area contributed by atoms with Crippen LogP contribution in [-0.4, -0.2) is 36.2 Å². The second-order valence-corrected chi connectivity index (χ2v) is 5.48. The largest absolute Gasteiger partial charge is 0.385 e. The third-order valence-corrected chi connectivity index (χ3v) is 4.01. The summed E-state index contributed by atoms with van der Waals surface area (Å²) in [6, 6.07) is 6.33. The Hall–Kier alpha value is -0.900. The average molecular weight is 248 g/mol. The SMILES string of the molecule is Cc1ccc(C2(O)CCN(CCN)CC2)c(C)c1. The van der Waals surface area contributed by atoms with Crippen LogP contribution < -0.4 is 5.73 Å². The lowest BCUT2D eigenvalue weighted by atomic mass is 9.82. The summed E-state index contributed by atoms with van der Waals surface area (Å²) in [5.74, 6) is 0. The van der Waals surface area contributed by atoms with Crippen molar-refractivity contribution in [2.45, 2.75) is 32.3 Å². The van der Waals surface area contributed by atoms with Gasteiger partial charge in [-0.3, -0.25) is 0 Å². The molecule has 0 amide bonds. The molecule has 0 radical (unpaired) electrons. The van der Waals surface area contributed by atoms with Crippen LogP contribution in [0, 0.1) is 13.8 Å². The Bertz CT molecular complexity index is 409. The van der Waals surface area contributed by atoms with Crippen LogP contribution in [0.5, 0.6) is 0 Å². The van der Waals surface area contributed by atoms with Crippen LogP contribution in [0.2, 0.25) is 0 Å². The van der Waals surface area contributed by atoms with Crippen LogP contribution in [0.15, 0.2) is 18.2 Å². The van der Waals surface area contributed by atoms with Gasteiger partial charge in [-0.2, -0.15) is 0 Å². The predicted octanol–water partition coefficient (Wildman–Crippen LogP) is 1.55. The molecule has 0 aromatic heterocycles. The van der Waals surface area contributed by atoms with Crippen molar-refractivity contribution in [1.82, 2.24) is 4.90 Å². The first kappa shape index (κ1) is 13.5. The maximum Gasteiger partial charge on any atom is 0.0923 e. The minimum absolute atomic E-state index is 0.650. The van der Waals surface area contributed by atoms with Crippen LogP contribution in [-0.2, 0) is 5.60 Å². The summed E-state index contributed by atoms with van der Waals surface area (Å²) < 4.78 is 0. The highest BCUT2D eigenvalue weighted by Crippen LogP contribution is 2.34. The molecule has 1 heterocycles. The monoisotopic (exact) mass is 248 g/mol. The predicted molar refractivity (Wildman–Crippen MR) is 74.5 cm³/mol. The molecular formula is C15H24N2O. The van der Waals surface area contributed by atoms with Gasteiger partial charge in [0, 0.05) is 26.2 Å². The molecule has 100 valence electrons. The number of hydrogen-bond acceptors (Lipinski definition) is 3. The van der Waals surface area contributed by atoms with Gasteiger partial charge >= 0.3 is 0 Å². The molecule has 3 nitrogen and oxygen atoms in total. The van der Waals surface area contributed by atoms with E-state index < -0.39 is 5.60 Å².